The van der Waals surface area contributed by atoms with Crippen LogP contribution in [-0.4, -0.2) is 79.1 Å². The monoisotopic (exact) mass is 546 g/mol. The van der Waals surface area contributed by atoms with Crippen molar-refractivity contribution in [2.75, 3.05) is 51.6 Å². The number of carbonyl (C=O) groups excluding carboxylic acids is 2. The van der Waals surface area contributed by atoms with E-state index in [9.17, 15) is 9.59 Å². The summed E-state index contributed by atoms with van der Waals surface area (Å²) in [5.74, 6) is 0.0957. The number of thiophene rings is 1. The summed E-state index contributed by atoms with van der Waals surface area (Å²) >= 11 is 1.62. The van der Waals surface area contributed by atoms with Crippen molar-refractivity contribution in [3.8, 4) is 11.1 Å². The predicted octanol–water partition coefficient (Wildman–Crippen LogP) is 5.80. The first kappa shape index (κ1) is 27.4. The number of ether oxygens (including phenoxy) is 1. The molecule has 0 aliphatic carbocycles. The molecule has 7 nitrogen and oxygen atoms in total. The van der Waals surface area contributed by atoms with Gasteiger partial charge >= 0.3 is 6.09 Å². The first-order valence-corrected chi connectivity index (χ1v) is 14.8. The van der Waals surface area contributed by atoms with Gasteiger partial charge in [0.25, 0.3) is 5.91 Å². The van der Waals surface area contributed by atoms with Crippen LogP contribution >= 0.6 is 11.3 Å². The maximum absolute atomic E-state index is 12.9. The number of piperidine rings is 1. The van der Waals surface area contributed by atoms with E-state index in [-0.39, 0.29) is 12.0 Å². The fraction of sp³-hybridized carbons (Fsp3) is 0.419. The number of likely N-dealkylation sites (tertiary alicyclic amines) is 2. The van der Waals surface area contributed by atoms with Gasteiger partial charge in [0.2, 0.25) is 0 Å². The van der Waals surface area contributed by atoms with Crippen molar-refractivity contribution in [3.05, 3.63) is 76.5 Å². The van der Waals surface area contributed by atoms with Gasteiger partial charge in [-0.2, -0.15) is 0 Å². The highest BCUT2D eigenvalue weighted by molar-refractivity contribution is 7.14. The molecule has 0 radical (unpaired) electrons. The average molecular weight is 547 g/mol. The van der Waals surface area contributed by atoms with E-state index < -0.39 is 6.09 Å². The molecule has 5 rings (SSSR count). The lowest BCUT2D eigenvalue weighted by Gasteiger charge is -2.32. The quantitative estimate of drug-likeness (QED) is 0.368. The molecule has 2 aliphatic heterocycles. The van der Waals surface area contributed by atoms with Crippen LogP contribution in [0, 0.1) is 0 Å². The third kappa shape index (κ3) is 7.47. The highest BCUT2D eigenvalue weighted by Crippen LogP contribution is 2.28. The van der Waals surface area contributed by atoms with Gasteiger partial charge in [-0.05, 0) is 62.5 Å². The van der Waals surface area contributed by atoms with Crippen molar-refractivity contribution in [1.82, 2.24) is 14.7 Å². The number of hydrogen-bond donors (Lipinski definition) is 1. The normalized spacial score (nSPS) is 16.7. The molecule has 39 heavy (non-hydrogen) atoms. The average Bonchev–Trinajstić information content (AvgIpc) is 3.66. The molecule has 2 amide bonds. The first-order valence-electron chi connectivity index (χ1n) is 14.0. The number of carbonyl (C=O) groups is 2. The minimum Gasteiger partial charge on any atom is -0.446 e. The summed E-state index contributed by atoms with van der Waals surface area (Å²) in [7, 11) is 1.88. The molecule has 0 spiro atoms. The summed E-state index contributed by atoms with van der Waals surface area (Å²) in [5, 5.41) is 2.94. The van der Waals surface area contributed by atoms with Crippen LogP contribution in [-0.2, 0) is 11.3 Å². The predicted molar refractivity (Wildman–Crippen MR) is 157 cm³/mol. The van der Waals surface area contributed by atoms with Crippen LogP contribution < -0.4 is 5.32 Å². The van der Waals surface area contributed by atoms with E-state index >= 15 is 0 Å². The topological polar surface area (TPSA) is 65.1 Å². The molecular weight excluding hydrogens is 508 g/mol. The summed E-state index contributed by atoms with van der Waals surface area (Å²) in [5.41, 5.74) is 2.76. The van der Waals surface area contributed by atoms with Gasteiger partial charge in [-0.3, -0.25) is 15.0 Å². The fourth-order valence-electron chi connectivity index (χ4n) is 5.32. The minimum atomic E-state index is -0.415. The summed E-state index contributed by atoms with van der Waals surface area (Å²) in [4.78, 5) is 34.3. The molecule has 206 valence electrons. The molecule has 0 saturated carbocycles. The van der Waals surface area contributed by atoms with Gasteiger partial charge in [0.1, 0.15) is 6.10 Å². The van der Waals surface area contributed by atoms with E-state index in [0.29, 0.717) is 6.54 Å². The zero-order valence-electron chi connectivity index (χ0n) is 22.7. The lowest BCUT2D eigenvalue weighted by molar-refractivity contribution is 0.0541. The summed E-state index contributed by atoms with van der Waals surface area (Å²) in [6.45, 7) is 6.47. The Morgan fingerprint density at radius 2 is 1.64 bits per heavy atom. The van der Waals surface area contributed by atoms with Crippen LogP contribution in [0.5, 0.6) is 0 Å². The number of nitrogens with zero attached hydrogens (tertiary/aromatic N) is 3. The Bertz CT molecular complexity index is 1230. The molecule has 3 heterocycles. The van der Waals surface area contributed by atoms with Crippen molar-refractivity contribution >= 4 is 29.0 Å². The zero-order valence-corrected chi connectivity index (χ0v) is 23.5. The fourth-order valence-corrected chi connectivity index (χ4v) is 6.37. The van der Waals surface area contributed by atoms with Gasteiger partial charge in [-0.1, -0.05) is 48.5 Å². The Hall–Kier alpha value is -3.20. The van der Waals surface area contributed by atoms with Gasteiger partial charge in [-0.15, -0.1) is 11.3 Å². The molecule has 1 N–H and O–H groups in total. The number of anilines is 1. The van der Waals surface area contributed by atoms with Crippen molar-refractivity contribution in [2.24, 2.45) is 0 Å². The third-order valence-corrected chi connectivity index (χ3v) is 8.66. The third-order valence-electron chi connectivity index (χ3n) is 7.61. The summed E-state index contributed by atoms with van der Waals surface area (Å²) in [6, 6.07) is 21.9. The molecular formula is C31H38N4O3S. The number of nitrogens with one attached hydrogen (secondary N) is 1. The SMILES string of the molecule is CN(CCN1CCC(OC(=O)Nc2ccccc2-c2ccccc2)CC1)C(=O)c1ccc(CN2CCCC2)s1. The second kappa shape index (κ2) is 13.2. The van der Waals surface area contributed by atoms with Gasteiger partial charge in [0.15, 0.2) is 0 Å². The van der Waals surface area contributed by atoms with Crippen LogP contribution in [0.25, 0.3) is 11.1 Å². The van der Waals surface area contributed by atoms with E-state index in [1.807, 2.05) is 72.6 Å². The number of amides is 2. The number of likely N-dealkylation sites (N-methyl/N-ethyl adjacent to an activating group) is 1. The van der Waals surface area contributed by atoms with Crippen molar-refractivity contribution in [2.45, 2.75) is 38.3 Å². The van der Waals surface area contributed by atoms with Crippen molar-refractivity contribution < 1.29 is 14.3 Å². The zero-order chi connectivity index (χ0) is 27.0. The van der Waals surface area contributed by atoms with E-state index in [1.54, 1.807) is 11.3 Å². The van der Waals surface area contributed by atoms with Gasteiger partial charge in [-0.25, -0.2) is 4.79 Å². The minimum absolute atomic E-state index is 0.0957. The van der Waals surface area contributed by atoms with E-state index in [4.69, 9.17) is 4.74 Å². The smallest absolute Gasteiger partial charge is 0.411 e. The molecule has 0 unspecified atom stereocenters. The highest BCUT2D eigenvalue weighted by atomic mass is 32.1. The van der Waals surface area contributed by atoms with E-state index in [2.05, 4.69) is 21.2 Å². The maximum Gasteiger partial charge on any atom is 0.411 e. The lowest BCUT2D eigenvalue weighted by atomic mass is 10.0. The standard InChI is InChI=1S/C31H38N4O3S/c1-33(30(36)29-14-13-26(39-29)23-35-17-7-8-18-35)21-22-34-19-15-25(16-20-34)38-31(37)32-28-12-6-5-11-27(28)24-9-3-2-4-10-24/h2-6,9-14,25H,7-8,15-23H2,1H3,(H,32,37). The van der Waals surface area contributed by atoms with Gasteiger partial charge < -0.3 is 14.5 Å². The highest BCUT2D eigenvalue weighted by Gasteiger charge is 2.24. The molecule has 2 fully saturated rings. The lowest BCUT2D eigenvalue weighted by Crippen LogP contribution is -2.42. The number of benzene rings is 2. The van der Waals surface area contributed by atoms with E-state index in [0.717, 1.165) is 73.8 Å². The Morgan fingerprint density at radius 3 is 2.41 bits per heavy atom. The molecule has 0 bridgehead atoms. The van der Waals surface area contributed by atoms with Crippen LogP contribution in [0.1, 0.15) is 40.2 Å². The van der Waals surface area contributed by atoms with Crippen LogP contribution in [0.2, 0.25) is 0 Å². The number of rotatable bonds is 9. The summed E-state index contributed by atoms with van der Waals surface area (Å²) in [6.07, 6.45) is 3.61. The molecule has 2 aliphatic rings. The Balaban J connectivity index is 1.03. The van der Waals surface area contributed by atoms with Gasteiger partial charge in [0, 0.05) is 50.2 Å². The van der Waals surface area contributed by atoms with Crippen LogP contribution in [0.15, 0.2) is 66.7 Å². The van der Waals surface area contributed by atoms with E-state index in [1.165, 1.54) is 17.7 Å². The summed E-state index contributed by atoms with van der Waals surface area (Å²) < 4.78 is 5.76. The Labute approximate surface area is 235 Å². The molecule has 2 saturated heterocycles. The molecule has 0 atom stereocenters. The molecule has 2 aromatic carbocycles. The molecule has 8 heteroatoms. The number of para-hydroxylation sites is 1. The largest absolute Gasteiger partial charge is 0.446 e. The first-order chi connectivity index (χ1) is 19.0. The second-order valence-electron chi connectivity index (χ2n) is 10.5. The van der Waals surface area contributed by atoms with Crippen LogP contribution in [0.3, 0.4) is 0 Å². The Kier molecular flexibility index (Phi) is 9.29. The second-order valence-corrected chi connectivity index (χ2v) is 11.6. The maximum atomic E-state index is 12.9. The van der Waals surface area contributed by atoms with Crippen LogP contribution in [0.4, 0.5) is 10.5 Å². The number of hydrogen-bond acceptors (Lipinski definition) is 6. The molecule has 3 aromatic rings. The molecule has 1 aromatic heterocycles. The van der Waals surface area contributed by atoms with Crippen molar-refractivity contribution in [3.63, 3.8) is 0 Å². The van der Waals surface area contributed by atoms with Gasteiger partial charge in [0.05, 0.1) is 10.6 Å². The Morgan fingerprint density at radius 1 is 0.923 bits per heavy atom. The van der Waals surface area contributed by atoms with Crippen molar-refractivity contribution in [1.29, 1.82) is 0 Å².